The first-order valence-electron chi connectivity index (χ1n) is 5.37. The van der Waals surface area contributed by atoms with Gasteiger partial charge in [-0.3, -0.25) is 4.98 Å². The average Bonchev–Trinajstić information content (AvgIpc) is 2.32. The van der Waals surface area contributed by atoms with Crippen LogP contribution in [0.2, 0.25) is 0 Å². The fourth-order valence-corrected chi connectivity index (χ4v) is 1.63. The maximum Gasteiger partial charge on any atom is 0.0739 e. The van der Waals surface area contributed by atoms with Gasteiger partial charge in [0, 0.05) is 11.9 Å². The highest BCUT2D eigenvalue weighted by molar-refractivity contribution is 5.71. The Morgan fingerprint density at radius 2 is 2.18 bits per heavy atom. The number of nitrogen functional groups attached to an aromatic ring is 1. The summed E-state index contributed by atoms with van der Waals surface area (Å²) in [6.45, 7) is 2.02. The number of nitrogens with two attached hydrogens (primary N) is 1. The fourth-order valence-electron chi connectivity index (χ4n) is 1.63. The molecule has 0 aliphatic rings. The van der Waals surface area contributed by atoms with Gasteiger partial charge in [-0.15, -0.1) is 0 Å². The van der Waals surface area contributed by atoms with Crippen LogP contribution in [0.4, 0.5) is 17.1 Å². The van der Waals surface area contributed by atoms with Crippen LogP contribution >= 0.6 is 0 Å². The number of aromatic nitrogens is 1. The Labute approximate surface area is 100 Å². The van der Waals surface area contributed by atoms with E-state index in [2.05, 4.69) is 10.3 Å². The second-order valence-electron chi connectivity index (χ2n) is 3.89. The molecule has 0 aliphatic carbocycles. The molecular formula is C13H15N3O. The molecule has 4 heteroatoms. The van der Waals surface area contributed by atoms with Crippen LogP contribution in [0, 0.1) is 6.92 Å². The van der Waals surface area contributed by atoms with Crippen molar-refractivity contribution in [2.45, 2.75) is 13.5 Å². The van der Waals surface area contributed by atoms with Crippen molar-refractivity contribution in [3.8, 4) is 0 Å². The van der Waals surface area contributed by atoms with Crippen molar-refractivity contribution in [3.63, 3.8) is 0 Å². The van der Waals surface area contributed by atoms with Crippen molar-refractivity contribution < 1.29 is 5.11 Å². The Hall–Kier alpha value is -2.07. The summed E-state index contributed by atoms with van der Waals surface area (Å²) < 4.78 is 0. The lowest BCUT2D eigenvalue weighted by Crippen LogP contribution is -1.98. The summed E-state index contributed by atoms with van der Waals surface area (Å²) in [7, 11) is 0. The molecular weight excluding hydrogens is 214 g/mol. The Bertz CT molecular complexity index is 526. The first-order valence-corrected chi connectivity index (χ1v) is 5.37. The zero-order valence-corrected chi connectivity index (χ0v) is 9.64. The normalized spacial score (nSPS) is 10.2. The van der Waals surface area contributed by atoms with Gasteiger partial charge < -0.3 is 16.2 Å². The van der Waals surface area contributed by atoms with E-state index in [1.54, 1.807) is 12.4 Å². The minimum absolute atomic E-state index is 0.0590. The van der Waals surface area contributed by atoms with Crippen molar-refractivity contribution in [1.82, 2.24) is 4.98 Å². The third-order valence-electron chi connectivity index (χ3n) is 2.64. The lowest BCUT2D eigenvalue weighted by atomic mass is 10.1. The Kier molecular flexibility index (Phi) is 3.25. The monoisotopic (exact) mass is 229 g/mol. The first-order chi connectivity index (χ1) is 8.20. The number of nitrogens with one attached hydrogen (secondary N) is 1. The maximum atomic E-state index is 9.09. The summed E-state index contributed by atoms with van der Waals surface area (Å²) in [4.78, 5) is 3.93. The largest absolute Gasteiger partial charge is 0.396 e. The highest BCUT2D eigenvalue weighted by Gasteiger charge is 2.01. The average molecular weight is 229 g/mol. The van der Waals surface area contributed by atoms with Crippen molar-refractivity contribution in [2.24, 2.45) is 0 Å². The predicted molar refractivity (Wildman–Crippen MR) is 69.0 cm³/mol. The van der Waals surface area contributed by atoms with Crippen LogP contribution in [-0.4, -0.2) is 10.1 Å². The molecule has 0 saturated carbocycles. The molecule has 17 heavy (non-hydrogen) atoms. The standard InChI is InChI=1S/C13H15N3O/c1-9-6-11(3-2-10(9)8-17)16-13-4-5-15-7-12(13)14/h2-7,17H,8,14H2,1H3,(H,15,16). The number of rotatable bonds is 3. The van der Waals surface area contributed by atoms with E-state index >= 15 is 0 Å². The topological polar surface area (TPSA) is 71.2 Å². The molecule has 0 aliphatic heterocycles. The zero-order chi connectivity index (χ0) is 12.3. The first kappa shape index (κ1) is 11.4. The van der Waals surface area contributed by atoms with E-state index in [-0.39, 0.29) is 6.61 Å². The molecule has 0 unspecified atom stereocenters. The highest BCUT2D eigenvalue weighted by Crippen LogP contribution is 2.23. The number of aryl methyl sites for hydroxylation is 1. The van der Waals surface area contributed by atoms with Crippen LogP contribution in [-0.2, 0) is 6.61 Å². The predicted octanol–water partition coefficient (Wildman–Crippen LogP) is 2.21. The van der Waals surface area contributed by atoms with Crippen molar-refractivity contribution >= 4 is 17.1 Å². The number of benzene rings is 1. The SMILES string of the molecule is Cc1cc(Nc2ccncc2N)ccc1CO. The molecule has 1 aromatic heterocycles. The van der Waals surface area contributed by atoms with Gasteiger partial charge in [0.15, 0.2) is 0 Å². The van der Waals surface area contributed by atoms with Gasteiger partial charge in [0.05, 0.1) is 24.2 Å². The molecule has 1 aromatic carbocycles. The molecule has 88 valence electrons. The van der Waals surface area contributed by atoms with Gasteiger partial charge >= 0.3 is 0 Å². The van der Waals surface area contributed by atoms with Crippen molar-refractivity contribution in [1.29, 1.82) is 0 Å². The summed E-state index contributed by atoms with van der Waals surface area (Å²) in [5.41, 5.74) is 10.2. The molecule has 1 heterocycles. The molecule has 0 fully saturated rings. The lowest BCUT2D eigenvalue weighted by molar-refractivity contribution is 0.281. The van der Waals surface area contributed by atoms with E-state index in [4.69, 9.17) is 10.8 Å². The molecule has 4 nitrogen and oxygen atoms in total. The Balaban J connectivity index is 2.25. The van der Waals surface area contributed by atoms with Gasteiger partial charge in [0.25, 0.3) is 0 Å². The van der Waals surface area contributed by atoms with Gasteiger partial charge in [0.1, 0.15) is 0 Å². The molecule has 0 saturated heterocycles. The third-order valence-corrected chi connectivity index (χ3v) is 2.64. The molecule has 0 bridgehead atoms. The molecule has 0 amide bonds. The quantitative estimate of drug-likeness (QED) is 0.754. The molecule has 4 N–H and O–H groups in total. The molecule has 2 rings (SSSR count). The van der Waals surface area contributed by atoms with Gasteiger partial charge in [-0.05, 0) is 36.2 Å². The van der Waals surface area contributed by atoms with E-state index in [1.165, 1.54) is 0 Å². The molecule has 0 radical (unpaired) electrons. The maximum absolute atomic E-state index is 9.09. The lowest BCUT2D eigenvalue weighted by Gasteiger charge is -2.10. The zero-order valence-electron chi connectivity index (χ0n) is 9.64. The van der Waals surface area contributed by atoms with Gasteiger partial charge in [0.2, 0.25) is 0 Å². The van der Waals surface area contributed by atoms with E-state index in [1.807, 2.05) is 31.2 Å². The van der Waals surface area contributed by atoms with Crippen LogP contribution in [0.1, 0.15) is 11.1 Å². The van der Waals surface area contributed by atoms with E-state index in [0.29, 0.717) is 5.69 Å². The summed E-state index contributed by atoms with van der Waals surface area (Å²) in [6.07, 6.45) is 3.30. The van der Waals surface area contributed by atoms with Crippen LogP contribution in [0.3, 0.4) is 0 Å². The van der Waals surface area contributed by atoms with Crippen molar-refractivity contribution in [2.75, 3.05) is 11.1 Å². The number of anilines is 3. The van der Waals surface area contributed by atoms with Crippen LogP contribution in [0.25, 0.3) is 0 Å². The van der Waals surface area contributed by atoms with Gasteiger partial charge in [-0.25, -0.2) is 0 Å². The number of nitrogens with zero attached hydrogens (tertiary/aromatic N) is 1. The Morgan fingerprint density at radius 1 is 1.35 bits per heavy atom. The second kappa shape index (κ2) is 4.84. The molecule has 0 spiro atoms. The molecule has 0 atom stereocenters. The van der Waals surface area contributed by atoms with E-state index in [0.717, 1.165) is 22.5 Å². The summed E-state index contributed by atoms with van der Waals surface area (Å²) in [5, 5.41) is 12.3. The number of hydrogen-bond donors (Lipinski definition) is 3. The number of pyridine rings is 1. The van der Waals surface area contributed by atoms with E-state index in [9.17, 15) is 0 Å². The summed E-state index contributed by atoms with van der Waals surface area (Å²) in [6, 6.07) is 7.61. The van der Waals surface area contributed by atoms with E-state index < -0.39 is 0 Å². The number of hydrogen-bond acceptors (Lipinski definition) is 4. The summed E-state index contributed by atoms with van der Waals surface area (Å²) >= 11 is 0. The fraction of sp³-hybridized carbons (Fsp3) is 0.154. The van der Waals surface area contributed by atoms with Gasteiger partial charge in [-0.1, -0.05) is 6.07 Å². The summed E-state index contributed by atoms with van der Waals surface area (Å²) in [5.74, 6) is 0. The minimum Gasteiger partial charge on any atom is -0.396 e. The van der Waals surface area contributed by atoms with Gasteiger partial charge in [-0.2, -0.15) is 0 Å². The molecule has 2 aromatic rings. The third kappa shape index (κ3) is 2.54. The van der Waals surface area contributed by atoms with Crippen LogP contribution in [0.15, 0.2) is 36.7 Å². The Morgan fingerprint density at radius 3 is 2.82 bits per heavy atom. The van der Waals surface area contributed by atoms with Crippen LogP contribution in [0.5, 0.6) is 0 Å². The van der Waals surface area contributed by atoms with Crippen LogP contribution < -0.4 is 11.1 Å². The smallest absolute Gasteiger partial charge is 0.0739 e. The second-order valence-corrected chi connectivity index (χ2v) is 3.89. The highest BCUT2D eigenvalue weighted by atomic mass is 16.3. The van der Waals surface area contributed by atoms with Crippen molar-refractivity contribution in [3.05, 3.63) is 47.8 Å². The minimum atomic E-state index is 0.0590. The number of aliphatic hydroxyl groups excluding tert-OH is 1. The number of aliphatic hydroxyl groups is 1.